The lowest BCUT2D eigenvalue weighted by atomic mass is 9.81. The van der Waals surface area contributed by atoms with Crippen LogP contribution in [0.15, 0.2) is 60.7 Å². The van der Waals surface area contributed by atoms with E-state index in [9.17, 15) is 67.4 Å². The number of hydrogen-bond donors (Lipinski definition) is 12. The van der Waals surface area contributed by atoms with Crippen LogP contribution in [-0.4, -0.2) is 152 Å². The number of Topliss-reactive ketones (excluding diaryl/α,β-unsaturated/α-hetero) is 2. The molecule has 15 N–H and O–H groups in total. The number of fused-ring (bicyclic) bond motifs is 1. The Morgan fingerprint density at radius 3 is 1.52 bits per heavy atom. The van der Waals surface area contributed by atoms with Crippen LogP contribution in [-0.2, 0) is 54.4 Å². The fraction of sp³-hybridized carbons (Fsp3) is 0.466. The molecule has 4 rings (SSSR count). The predicted octanol–water partition coefficient (Wildman–Crippen LogP) is 0.528. The third-order valence-electron chi connectivity index (χ3n) is 13.9. The molecular weight excluding hydrogens is 1230 g/mol. The second-order valence-corrected chi connectivity index (χ2v) is 23.3. The summed E-state index contributed by atoms with van der Waals surface area (Å²) in [7, 11) is 0. The molecule has 3 aromatic carbocycles. The molecule has 3 aromatic rings. The van der Waals surface area contributed by atoms with Crippen molar-refractivity contribution in [2.75, 3.05) is 5.32 Å². The van der Waals surface area contributed by atoms with Crippen LogP contribution in [0.25, 0.3) is 0 Å². The number of benzene rings is 3. The lowest BCUT2D eigenvalue weighted by molar-refractivity contribution is -0.157. The maximum Gasteiger partial charge on any atom is 0.339 e. The fourth-order valence-corrected chi connectivity index (χ4v) is 9.15. The minimum absolute atomic E-state index is 0.0160. The number of ketones is 2. The van der Waals surface area contributed by atoms with Crippen LogP contribution < -0.4 is 64.5 Å². The molecule has 466 valence electrons. The topological polar surface area (TPSA) is 429 Å². The van der Waals surface area contributed by atoms with Gasteiger partial charge in [0.25, 0.3) is 11.8 Å². The van der Waals surface area contributed by atoms with Gasteiger partial charge in [0, 0.05) is 20.4 Å². The van der Waals surface area contributed by atoms with E-state index in [4.69, 9.17) is 21.9 Å². The van der Waals surface area contributed by atoms with Crippen molar-refractivity contribution >= 4 is 105 Å². The minimum Gasteiger partial charge on any atom is -0.485 e. The average Bonchev–Trinajstić information content (AvgIpc) is 1.68. The first-order valence-corrected chi connectivity index (χ1v) is 28.6. The van der Waals surface area contributed by atoms with Crippen molar-refractivity contribution in [2.24, 2.45) is 17.2 Å². The van der Waals surface area contributed by atoms with Crippen molar-refractivity contribution in [3.05, 3.63) is 92.1 Å². The molecule has 0 saturated carbocycles. The van der Waals surface area contributed by atoms with Crippen LogP contribution in [0.4, 0.5) is 5.69 Å². The van der Waals surface area contributed by atoms with Crippen LogP contribution >= 0.6 is 22.6 Å². The summed E-state index contributed by atoms with van der Waals surface area (Å²) in [5, 5.41) is 29.6. The summed E-state index contributed by atoms with van der Waals surface area (Å²) in [5.74, 6) is -12.1. The van der Waals surface area contributed by atoms with Gasteiger partial charge in [0.1, 0.15) is 53.7 Å². The molecule has 0 saturated heterocycles. The SMILES string of the molecule is C[C@H](N)C(=O)N[C@@H](C)C(=O)c1c(C(=O)N[C@@H](C)C(=O)N[C@@H](C)C(=O)N[C@@H](C)C(=O)N[C@@H](C)C(=O)N[C@@H](C)C(=O)N[C@@H](C)C(=O)[C@@](C)(N)C(=O)N(C(=O)C(C)(C)N)[C@@H](C)C(=O)Nc2ccc(I)cc2)ccc2c1[C@@H](Oc1ccccc1C(=O)O)CCC2. The van der Waals surface area contributed by atoms with Gasteiger partial charge in [-0.25, -0.2) is 4.79 Å². The monoisotopic (exact) mass is 1310 g/mol. The minimum atomic E-state index is -2.52. The van der Waals surface area contributed by atoms with E-state index < -0.39 is 148 Å². The lowest BCUT2D eigenvalue weighted by Gasteiger charge is -2.37. The van der Waals surface area contributed by atoms with Gasteiger partial charge in [0.15, 0.2) is 17.1 Å². The van der Waals surface area contributed by atoms with E-state index in [0.717, 1.165) is 10.5 Å². The molecule has 0 spiro atoms. The molecular formula is C58H77IN12O15. The molecule has 0 aliphatic heterocycles. The van der Waals surface area contributed by atoms with Gasteiger partial charge in [-0.1, -0.05) is 18.2 Å². The zero-order valence-corrected chi connectivity index (χ0v) is 52.0. The van der Waals surface area contributed by atoms with E-state index in [1.165, 1.54) is 100 Å². The third-order valence-corrected chi connectivity index (χ3v) is 14.7. The van der Waals surface area contributed by atoms with Crippen LogP contribution in [0.2, 0.25) is 0 Å². The number of carbonyl (C=O) groups excluding carboxylic acids is 12. The molecule has 0 fully saturated rings. The predicted molar refractivity (Wildman–Crippen MR) is 322 cm³/mol. The van der Waals surface area contributed by atoms with Crippen LogP contribution in [0.3, 0.4) is 0 Å². The molecule has 0 radical (unpaired) electrons. The van der Waals surface area contributed by atoms with E-state index >= 15 is 0 Å². The number of hydrogen-bond acceptors (Lipinski definition) is 17. The number of para-hydroxylation sites is 1. The highest BCUT2D eigenvalue weighted by atomic mass is 127. The number of imide groups is 1. The summed E-state index contributed by atoms with van der Waals surface area (Å²) in [6.07, 6.45) is 0.436. The quantitative estimate of drug-likeness (QED) is 0.0296. The van der Waals surface area contributed by atoms with Crippen LogP contribution in [0.1, 0.15) is 144 Å². The highest BCUT2D eigenvalue weighted by Gasteiger charge is 2.49. The Balaban J connectivity index is 1.36. The molecule has 86 heavy (non-hydrogen) atoms. The van der Waals surface area contributed by atoms with Crippen LogP contribution in [0, 0.1) is 3.57 Å². The summed E-state index contributed by atoms with van der Waals surface area (Å²) in [6.45, 7) is 15.3. The van der Waals surface area contributed by atoms with Gasteiger partial charge in [-0.15, -0.1) is 0 Å². The van der Waals surface area contributed by atoms with E-state index in [2.05, 4.69) is 65.1 Å². The number of anilines is 1. The molecule has 1 aliphatic carbocycles. The molecule has 0 heterocycles. The molecule has 27 nitrogen and oxygen atoms in total. The summed E-state index contributed by atoms with van der Waals surface area (Å²) in [6, 6.07) is 3.68. The first-order valence-electron chi connectivity index (χ1n) is 27.5. The number of aryl methyl sites for hydroxylation is 1. The Hall–Kier alpha value is -8.22. The second-order valence-electron chi connectivity index (χ2n) is 22.0. The van der Waals surface area contributed by atoms with Crippen molar-refractivity contribution in [1.29, 1.82) is 0 Å². The average molecular weight is 1310 g/mol. The number of carbonyl (C=O) groups is 13. The number of halogens is 1. The number of nitrogens with one attached hydrogen (secondary N) is 8. The van der Waals surface area contributed by atoms with Gasteiger partial charge in [0.2, 0.25) is 47.3 Å². The van der Waals surface area contributed by atoms with E-state index in [1.54, 1.807) is 36.4 Å². The number of aromatic carboxylic acids is 1. The van der Waals surface area contributed by atoms with E-state index in [1.807, 2.05) is 0 Å². The number of carboxylic acids is 1. The van der Waals surface area contributed by atoms with E-state index in [0.29, 0.717) is 41.0 Å². The Kier molecular flexibility index (Phi) is 24.3. The highest BCUT2D eigenvalue weighted by molar-refractivity contribution is 14.1. The van der Waals surface area contributed by atoms with Gasteiger partial charge in [-0.2, -0.15) is 0 Å². The summed E-state index contributed by atoms with van der Waals surface area (Å²) in [4.78, 5) is 175. The number of carboxylic acid groups (broad SMARTS) is 1. The Morgan fingerprint density at radius 2 is 1.05 bits per heavy atom. The zero-order valence-electron chi connectivity index (χ0n) is 49.9. The van der Waals surface area contributed by atoms with Crippen molar-refractivity contribution in [3.8, 4) is 5.75 Å². The Bertz CT molecular complexity index is 3150. The maximum atomic E-state index is 14.4. The maximum absolute atomic E-state index is 14.4. The normalized spacial score (nSPS) is 16.7. The smallest absolute Gasteiger partial charge is 0.339 e. The number of nitrogens with two attached hydrogens (primary N) is 3. The highest BCUT2D eigenvalue weighted by Crippen LogP contribution is 2.39. The molecule has 10 amide bonds. The molecule has 11 atom stereocenters. The first kappa shape index (κ1) is 70.3. The number of nitrogens with zero attached hydrogens (tertiary/aromatic N) is 1. The van der Waals surface area contributed by atoms with Gasteiger partial charge < -0.3 is 69.6 Å². The van der Waals surface area contributed by atoms with Crippen molar-refractivity contribution < 1.29 is 72.2 Å². The van der Waals surface area contributed by atoms with Gasteiger partial charge in [-0.3, -0.25) is 62.4 Å². The van der Waals surface area contributed by atoms with Crippen LogP contribution in [0.5, 0.6) is 5.75 Å². The molecule has 0 unspecified atom stereocenters. The molecule has 28 heteroatoms. The number of ether oxygens (including phenoxy) is 1. The summed E-state index contributed by atoms with van der Waals surface area (Å²) in [5.41, 5.74) is 14.7. The van der Waals surface area contributed by atoms with Gasteiger partial charge >= 0.3 is 5.97 Å². The molecule has 0 bridgehead atoms. The fourth-order valence-electron chi connectivity index (χ4n) is 8.79. The van der Waals surface area contributed by atoms with Crippen molar-refractivity contribution in [2.45, 2.75) is 174 Å². The molecule has 1 aliphatic rings. The number of rotatable bonds is 26. The molecule has 0 aromatic heterocycles. The van der Waals surface area contributed by atoms with Gasteiger partial charge in [0.05, 0.1) is 29.2 Å². The van der Waals surface area contributed by atoms with E-state index in [-0.39, 0.29) is 22.4 Å². The Morgan fingerprint density at radius 1 is 0.581 bits per heavy atom. The standard InChI is InChI=1S/C58H77IN12O15/c1-26(60)46(74)63-27(2)44(72)43-39(25-20-35-16-15-19-41(42(35)43)86-40-18-14-13-17-38(40)54(82)83)53(81)69-33(8)51(79)68-32(7)50(78)67-31(6)49(77)66-30(5)48(76)65-29(4)47(75)64-28(3)45(73)58(12,62)56(85)71(55(84)57(10,11)61)34(9)52(80)70-37-23-21-36(59)22-24-37/h13-14,17-18,20-34,41H,15-16,19,60-62H2,1-12H3,(H,63,74)(H,64,75)(H,65,76)(H,66,77)(H,67,78)(H,68,79)(H,69,81)(H,70,80)(H,82,83)/t26-,27-,28-,29-,30-,31-,32-,33-,34-,41-,58+/m0/s1. The lowest BCUT2D eigenvalue weighted by Crippen LogP contribution is -2.68. The van der Waals surface area contributed by atoms with Crippen molar-refractivity contribution in [3.63, 3.8) is 0 Å². The first-order chi connectivity index (χ1) is 39.9. The third kappa shape index (κ3) is 17.9. The zero-order chi connectivity index (χ0) is 65.0. The van der Waals surface area contributed by atoms with Crippen molar-refractivity contribution in [1.82, 2.24) is 42.1 Å². The largest absolute Gasteiger partial charge is 0.485 e. The number of amides is 10. The summed E-state index contributed by atoms with van der Waals surface area (Å²) >= 11 is 2.07. The Labute approximate surface area is 511 Å². The second kappa shape index (κ2) is 29.7. The van der Waals surface area contributed by atoms with Gasteiger partial charge in [-0.05, 0) is 173 Å². The summed E-state index contributed by atoms with van der Waals surface area (Å²) < 4.78 is 7.15.